The lowest BCUT2D eigenvalue weighted by atomic mass is 10.0. The Kier molecular flexibility index (Phi) is 6.69. The van der Waals surface area contributed by atoms with Gasteiger partial charge in [-0.05, 0) is 71.4 Å². The van der Waals surface area contributed by atoms with Gasteiger partial charge < -0.3 is 0 Å². The van der Waals surface area contributed by atoms with Crippen molar-refractivity contribution in [2.24, 2.45) is 5.10 Å². The number of hydrogen-bond donors (Lipinski definition) is 0. The molecule has 1 spiro atoms. The van der Waals surface area contributed by atoms with Gasteiger partial charge in [-0.3, -0.25) is 14.5 Å². The van der Waals surface area contributed by atoms with Gasteiger partial charge in [-0.15, -0.1) is 0 Å². The van der Waals surface area contributed by atoms with E-state index in [9.17, 15) is 9.59 Å². The fraction of sp³-hybridized carbons (Fsp3) is 0.0571. The summed E-state index contributed by atoms with van der Waals surface area (Å²) in [5.41, 5.74) is 4.15. The molecule has 2 aliphatic rings. The van der Waals surface area contributed by atoms with Crippen LogP contribution in [0.4, 0.5) is 11.4 Å². The van der Waals surface area contributed by atoms with Crippen LogP contribution >= 0.6 is 23.5 Å². The van der Waals surface area contributed by atoms with Crippen molar-refractivity contribution in [3.63, 3.8) is 0 Å². The van der Waals surface area contributed by atoms with Gasteiger partial charge in [0.2, 0.25) is 10.1 Å². The van der Waals surface area contributed by atoms with E-state index in [4.69, 9.17) is 5.10 Å². The number of benzene rings is 5. The van der Waals surface area contributed by atoms with E-state index in [0.29, 0.717) is 15.5 Å². The third-order valence-corrected chi connectivity index (χ3v) is 9.94. The average Bonchev–Trinajstić information content (AvgIpc) is 3.54. The van der Waals surface area contributed by atoms with Crippen molar-refractivity contribution in [3.05, 3.63) is 149 Å². The molecule has 1 saturated heterocycles. The van der Waals surface area contributed by atoms with Crippen molar-refractivity contribution < 1.29 is 9.59 Å². The molecule has 7 rings (SSSR count). The highest BCUT2D eigenvalue weighted by Gasteiger charge is 2.60. The number of amides is 1. The van der Waals surface area contributed by atoms with Crippen molar-refractivity contribution in [1.29, 1.82) is 0 Å². The highest BCUT2D eigenvalue weighted by atomic mass is 32.2. The molecule has 1 fully saturated rings. The summed E-state index contributed by atoms with van der Waals surface area (Å²) < 4.78 is -1.09. The molecule has 0 N–H and O–H groups in total. The van der Waals surface area contributed by atoms with E-state index in [1.54, 1.807) is 4.90 Å². The van der Waals surface area contributed by atoms with Gasteiger partial charge in [0, 0.05) is 11.3 Å². The molecule has 0 aliphatic carbocycles. The van der Waals surface area contributed by atoms with Gasteiger partial charge in [-0.25, -0.2) is 5.01 Å². The summed E-state index contributed by atoms with van der Waals surface area (Å²) in [6.07, 6.45) is 1.92. The fourth-order valence-electron chi connectivity index (χ4n) is 5.12. The molecule has 204 valence electrons. The van der Waals surface area contributed by atoms with E-state index >= 15 is 0 Å². The first-order valence-electron chi connectivity index (χ1n) is 13.6. The molecular weight excluding hydrogens is 559 g/mol. The van der Waals surface area contributed by atoms with Crippen LogP contribution in [0.1, 0.15) is 21.5 Å². The van der Waals surface area contributed by atoms with E-state index in [0.717, 1.165) is 33.3 Å². The number of carbonyl (C=O) groups is 2. The Labute approximate surface area is 252 Å². The summed E-state index contributed by atoms with van der Waals surface area (Å²) in [4.78, 5) is 30.6. The fourth-order valence-corrected chi connectivity index (χ4v) is 8.06. The van der Waals surface area contributed by atoms with Gasteiger partial charge >= 0.3 is 0 Å². The monoisotopic (exact) mass is 583 g/mol. The summed E-state index contributed by atoms with van der Waals surface area (Å²) in [6.45, 7) is 2.04. The molecule has 1 unspecified atom stereocenters. The first-order chi connectivity index (χ1) is 20.5. The predicted octanol–water partition coefficient (Wildman–Crippen LogP) is 8.33. The number of hydrogen-bond acceptors (Lipinski definition) is 6. The maximum Gasteiger partial charge on any atom is 0.268 e. The molecule has 0 saturated carbocycles. The van der Waals surface area contributed by atoms with Crippen molar-refractivity contribution in [1.82, 2.24) is 0 Å². The third kappa shape index (κ3) is 4.61. The molecular formula is C35H25N3O2S2. The minimum Gasteiger partial charge on any atom is -0.286 e. The van der Waals surface area contributed by atoms with Crippen molar-refractivity contribution in [2.45, 2.75) is 11.3 Å². The number of rotatable bonds is 5. The zero-order chi connectivity index (χ0) is 28.7. The molecule has 0 bridgehead atoms. The predicted molar refractivity (Wildman–Crippen MR) is 176 cm³/mol. The lowest BCUT2D eigenvalue weighted by Gasteiger charge is -2.38. The van der Waals surface area contributed by atoms with Gasteiger partial charge in [-0.1, -0.05) is 114 Å². The number of aryl methyl sites for hydroxylation is 1. The first kappa shape index (κ1) is 26.3. The number of Topliss-reactive ketones (excluding diaryl/α,β-unsaturated/α-hetero) is 1. The molecule has 0 radical (unpaired) electrons. The molecule has 5 aromatic rings. The van der Waals surface area contributed by atoms with Crippen LogP contribution in [-0.2, 0) is 4.79 Å². The molecule has 1 atom stereocenters. The minimum absolute atomic E-state index is 0.144. The molecule has 42 heavy (non-hydrogen) atoms. The number of para-hydroxylation sites is 2. The molecule has 2 aliphatic heterocycles. The number of hydrazone groups is 1. The van der Waals surface area contributed by atoms with E-state index in [1.807, 2.05) is 145 Å². The Bertz CT molecular complexity index is 1890. The SMILES string of the molecule is Cc1ccc(/C=C2\SC3(SC(C(=O)c4ccc5ccccc5c4)=NN3c3ccccc3)N(c3ccccc3)C2=O)cc1. The maximum absolute atomic E-state index is 14.3. The molecule has 7 heteroatoms. The third-order valence-electron chi connectivity index (χ3n) is 7.22. The number of nitrogens with zero attached hydrogens (tertiary/aromatic N) is 3. The molecule has 5 nitrogen and oxygen atoms in total. The van der Waals surface area contributed by atoms with E-state index in [-0.39, 0.29) is 11.7 Å². The van der Waals surface area contributed by atoms with Gasteiger partial charge in [0.15, 0.2) is 5.04 Å². The Morgan fingerprint density at radius 1 is 0.738 bits per heavy atom. The zero-order valence-electron chi connectivity index (χ0n) is 22.7. The van der Waals surface area contributed by atoms with Crippen LogP contribution in [0.25, 0.3) is 16.8 Å². The van der Waals surface area contributed by atoms with Crippen molar-refractivity contribution in [2.75, 3.05) is 9.91 Å². The lowest BCUT2D eigenvalue weighted by molar-refractivity contribution is -0.114. The summed E-state index contributed by atoms with van der Waals surface area (Å²) in [6, 6.07) is 41.1. The zero-order valence-corrected chi connectivity index (χ0v) is 24.3. The number of carbonyl (C=O) groups excluding carboxylic acids is 2. The van der Waals surface area contributed by atoms with Crippen LogP contribution in [0, 0.1) is 6.92 Å². The Hall–Kier alpha value is -4.59. The smallest absolute Gasteiger partial charge is 0.268 e. The summed E-state index contributed by atoms with van der Waals surface area (Å²) in [5, 5.41) is 9.13. The lowest BCUT2D eigenvalue weighted by Crippen LogP contribution is -2.51. The Balaban J connectivity index is 1.36. The average molecular weight is 584 g/mol. The van der Waals surface area contributed by atoms with Crippen LogP contribution in [0.3, 0.4) is 0 Å². The topological polar surface area (TPSA) is 53.0 Å². The largest absolute Gasteiger partial charge is 0.286 e. The number of fused-ring (bicyclic) bond motifs is 1. The molecule has 0 aromatic heterocycles. The number of ketones is 1. The van der Waals surface area contributed by atoms with E-state index in [1.165, 1.54) is 23.5 Å². The standard InChI is InChI=1S/C35H25N3O2S2/c1-24-16-18-25(19-17-24)22-31-34(40)37(29-12-4-2-5-13-29)35(41-31)38(30-14-6-3-7-15-30)36-33(42-35)32(39)28-21-20-26-10-8-9-11-27(26)23-28/h2-23H,1H3/b31-22-. The van der Waals surface area contributed by atoms with Crippen LogP contribution in [0.15, 0.2) is 137 Å². The number of anilines is 2. The highest BCUT2D eigenvalue weighted by Crippen LogP contribution is 2.59. The molecule has 2 heterocycles. The number of thioether (sulfide) groups is 2. The second-order valence-electron chi connectivity index (χ2n) is 10.1. The molecule has 5 aromatic carbocycles. The first-order valence-corrected chi connectivity index (χ1v) is 15.2. The summed E-state index contributed by atoms with van der Waals surface area (Å²) >= 11 is 2.72. The van der Waals surface area contributed by atoms with Crippen molar-refractivity contribution >= 4 is 68.5 Å². The summed E-state index contributed by atoms with van der Waals surface area (Å²) in [7, 11) is 0. The Morgan fingerprint density at radius 3 is 2.10 bits per heavy atom. The molecule has 1 amide bonds. The minimum atomic E-state index is -1.09. The van der Waals surface area contributed by atoms with Crippen LogP contribution < -0.4 is 9.91 Å². The van der Waals surface area contributed by atoms with Gasteiger partial charge in [0.1, 0.15) is 0 Å². The highest BCUT2D eigenvalue weighted by molar-refractivity contribution is 8.29. The van der Waals surface area contributed by atoms with Crippen LogP contribution in [-0.4, -0.2) is 21.1 Å². The Morgan fingerprint density at radius 2 is 1.38 bits per heavy atom. The summed E-state index contributed by atoms with van der Waals surface area (Å²) in [5.74, 6) is -0.324. The normalized spacial score (nSPS) is 19.2. The van der Waals surface area contributed by atoms with Crippen molar-refractivity contribution in [3.8, 4) is 0 Å². The van der Waals surface area contributed by atoms with E-state index < -0.39 is 4.33 Å². The van der Waals surface area contributed by atoms with Crippen LogP contribution in [0.2, 0.25) is 0 Å². The van der Waals surface area contributed by atoms with Gasteiger partial charge in [-0.2, -0.15) is 5.10 Å². The second-order valence-corrected chi connectivity index (χ2v) is 12.7. The maximum atomic E-state index is 14.3. The van der Waals surface area contributed by atoms with Gasteiger partial charge in [0.25, 0.3) is 5.91 Å². The second kappa shape index (κ2) is 10.7. The van der Waals surface area contributed by atoms with Crippen LogP contribution in [0.5, 0.6) is 0 Å². The quantitative estimate of drug-likeness (QED) is 0.154. The van der Waals surface area contributed by atoms with Gasteiger partial charge in [0.05, 0.1) is 10.6 Å². The van der Waals surface area contributed by atoms with E-state index in [2.05, 4.69) is 0 Å².